The summed E-state index contributed by atoms with van der Waals surface area (Å²) in [5, 5.41) is 3.04. The molecule has 1 aliphatic heterocycles. The molecule has 1 heterocycles. The van der Waals surface area contributed by atoms with E-state index in [2.05, 4.69) is 26.1 Å². The summed E-state index contributed by atoms with van der Waals surface area (Å²) >= 11 is 1.85. The Bertz CT molecular complexity index is 376. The maximum absolute atomic E-state index is 12.8. The summed E-state index contributed by atoms with van der Waals surface area (Å²) in [5.41, 5.74) is -0.632. The topological polar surface area (TPSA) is 49.4 Å². The fourth-order valence-electron chi connectivity index (χ4n) is 3.62. The monoisotopic (exact) mass is 298 g/mol. The van der Waals surface area contributed by atoms with E-state index in [-0.39, 0.29) is 23.8 Å². The predicted molar refractivity (Wildman–Crippen MR) is 82.8 cm³/mol. The van der Waals surface area contributed by atoms with E-state index in [0.29, 0.717) is 6.54 Å². The number of carbonyl (C=O) groups is 2. The minimum absolute atomic E-state index is 0.0173. The van der Waals surface area contributed by atoms with Gasteiger partial charge in [-0.1, -0.05) is 27.2 Å². The van der Waals surface area contributed by atoms with Crippen LogP contribution in [0, 0.1) is 11.8 Å². The first kappa shape index (κ1) is 15.7. The Hall–Kier alpha value is -0.710. The van der Waals surface area contributed by atoms with Gasteiger partial charge in [0.15, 0.2) is 0 Å². The van der Waals surface area contributed by atoms with Crippen LogP contribution in [0.1, 0.15) is 46.5 Å². The van der Waals surface area contributed by atoms with Crippen LogP contribution in [-0.4, -0.2) is 40.4 Å². The maximum Gasteiger partial charge on any atom is 0.325 e. The lowest BCUT2D eigenvalue weighted by Crippen LogP contribution is -2.58. The molecule has 1 N–H and O–H groups in total. The standard InChI is InChI=1S/C15H26N2O2S/c1-4-20-10-6-9-17-13(18)15(16-14(17)19)11(2)7-5-8-12(15)3/h11-12H,4-10H2,1-3H3,(H,16,19). The van der Waals surface area contributed by atoms with Crippen LogP contribution in [0.25, 0.3) is 0 Å². The number of rotatable bonds is 5. The van der Waals surface area contributed by atoms with Crippen LogP contribution >= 0.6 is 11.8 Å². The minimum atomic E-state index is -0.632. The van der Waals surface area contributed by atoms with E-state index in [0.717, 1.165) is 37.2 Å². The average molecular weight is 298 g/mol. The maximum atomic E-state index is 12.8. The van der Waals surface area contributed by atoms with E-state index in [9.17, 15) is 9.59 Å². The fraction of sp³-hybridized carbons (Fsp3) is 0.867. The van der Waals surface area contributed by atoms with Crippen molar-refractivity contribution < 1.29 is 9.59 Å². The van der Waals surface area contributed by atoms with Gasteiger partial charge in [0.1, 0.15) is 5.54 Å². The summed E-state index contributed by atoms with van der Waals surface area (Å²) in [6, 6.07) is -0.183. The highest BCUT2D eigenvalue weighted by Crippen LogP contribution is 2.42. The lowest BCUT2D eigenvalue weighted by atomic mass is 9.67. The molecule has 2 aliphatic rings. The second-order valence-electron chi connectivity index (χ2n) is 6.04. The van der Waals surface area contributed by atoms with Crippen molar-refractivity contribution >= 4 is 23.7 Å². The number of urea groups is 1. The smallest absolute Gasteiger partial charge is 0.323 e. The van der Waals surface area contributed by atoms with Gasteiger partial charge in [0.25, 0.3) is 5.91 Å². The molecule has 0 bridgehead atoms. The molecule has 1 aliphatic carbocycles. The SMILES string of the molecule is CCSCCCN1C(=O)NC2(C1=O)C(C)CCCC2C. The van der Waals surface area contributed by atoms with Gasteiger partial charge in [0, 0.05) is 6.54 Å². The molecule has 3 amide bonds. The number of nitrogens with zero attached hydrogens (tertiary/aromatic N) is 1. The summed E-state index contributed by atoms with van der Waals surface area (Å²) in [4.78, 5) is 26.5. The van der Waals surface area contributed by atoms with Gasteiger partial charge in [0.2, 0.25) is 0 Å². The predicted octanol–water partition coefficient (Wildman–Crippen LogP) is 2.88. The van der Waals surface area contributed by atoms with Crippen molar-refractivity contribution in [2.45, 2.75) is 52.0 Å². The minimum Gasteiger partial charge on any atom is -0.323 e. The van der Waals surface area contributed by atoms with Crippen LogP contribution < -0.4 is 5.32 Å². The Morgan fingerprint density at radius 2 is 1.95 bits per heavy atom. The highest BCUT2D eigenvalue weighted by Gasteiger charge is 2.57. The van der Waals surface area contributed by atoms with Crippen LogP contribution in [0.2, 0.25) is 0 Å². The van der Waals surface area contributed by atoms with E-state index < -0.39 is 5.54 Å². The Balaban J connectivity index is 2.07. The van der Waals surface area contributed by atoms with Crippen LogP contribution in [0.3, 0.4) is 0 Å². The number of hydrogen-bond donors (Lipinski definition) is 1. The normalized spacial score (nSPS) is 33.9. The molecule has 0 aromatic carbocycles. The highest BCUT2D eigenvalue weighted by molar-refractivity contribution is 7.99. The van der Waals surface area contributed by atoms with Crippen molar-refractivity contribution in [3.8, 4) is 0 Å². The van der Waals surface area contributed by atoms with Crippen LogP contribution in [-0.2, 0) is 4.79 Å². The summed E-state index contributed by atoms with van der Waals surface area (Å²) in [7, 11) is 0. The lowest BCUT2D eigenvalue weighted by Gasteiger charge is -2.42. The summed E-state index contributed by atoms with van der Waals surface area (Å²) < 4.78 is 0. The van der Waals surface area contributed by atoms with Crippen molar-refractivity contribution in [3.63, 3.8) is 0 Å². The van der Waals surface area contributed by atoms with Gasteiger partial charge in [-0.2, -0.15) is 11.8 Å². The van der Waals surface area contributed by atoms with E-state index in [1.165, 1.54) is 4.90 Å². The van der Waals surface area contributed by atoms with Crippen molar-refractivity contribution in [2.24, 2.45) is 11.8 Å². The third kappa shape index (κ3) is 2.57. The van der Waals surface area contributed by atoms with Gasteiger partial charge >= 0.3 is 6.03 Å². The molecule has 2 atom stereocenters. The molecule has 2 rings (SSSR count). The Labute approximate surface area is 126 Å². The quantitative estimate of drug-likeness (QED) is 0.627. The zero-order valence-corrected chi connectivity index (χ0v) is 13.6. The number of amides is 3. The van der Waals surface area contributed by atoms with Gasteiger partial charge in [0.05, 0.1) is 0 Å². The molecule has 114 valence electrons. The number of hydrogen-bond acceptors (Lipinski definition) is 3. The van der Waals surface area contributed by atoms with Crippen molar-refractivity contribution in [2.75, 3.05) is 18.1 Å². The van der Waals surface area contributed by atoms with E-state index in [4.69, 9.17) is 0 Å². The fourth-order valence-corrected chi connectivity index (χ4v) is 4.25. The Morgan fingerprint density at radius 3 is 2.55 bits per heavy atom. The molecule has 1 saturated heterocycles. The number of thioether (sulfide) groups is 1. The third-order valence-electron chi connectivity index (χ3n) is 4.86. The molecule has 5 heteroatoms. The largest absolute Gasteiger partial charge is 0.325 e. The van der Waals surface area contributed by atoms with Crippen molar-refractivity contribution in [1.82, 2.24) is 10.2 Å². The average Bonchev–Trinajstić information content (AvgIpc) is 2.66. The van der Waals surface area contributed by atoms with Crippen molar-refractivity contribution in [1.29, 1.82) is 0 Å². The Morgan fingerprint density at radius 1 is 1.30 bits per heavy atom. The van der Waals surface area contributed by atoms with Gasteiger partial charge in [-0.05, 0) is 42.6 Å². The number of carbonyl (C=O) groups excluding carboxylic acids is 2. The van der Waals surface area contributed by atoms with Gasteiger partial charge in [-0.15, -0.1) is 0 Å². The Kier molecular flexibility index (Phi) is 4.99. The first-order valence-corrected chi connectivity index (χ1v) is 8.91. The molecule has 20 heavy (non-hydrogen) atoms. The van der Waals surface area contributed by atoms with Crippen LogP contribution in [0.15, 0.2) is 0 Å². The van der Waals surface area contributed by atoms with Crippen molar-refractivity contribution in [3.05, 3.63) is 0 Å². The summed E-state index contributed by atoms with van der Waals surface area (Å²) in [6.07, 6.45) is 4.09. The molecule has 1 spiro atoms. The van der Waals surface area contributed by atoms with Gasteiger partial charge in [-0.3, -0.25) is 9.69 Å². The highest BCUT2D eigenvalue weighted by atomic mass is 32.2. The van der Waals surface area contributed by atoms with E-state index in [1.807, 2.05) is 11.8 Å². The molecule has 0 aromatic heterocycles. The molecule has 4 nitrogen and oxygen atoms in total. The first-order chi connectivity index (χ1) is 9.54. The zero-order valence-electron chi connectivity index (χ0n) is 12.8. The number of nitrogens with one attached hydrogen (secondary N) is 1. The third-order valence-corrected chi connectivity index (χ3v) is 5.85. The molecular weight excluding hydrogens is 272 g/mol. The first-order valence-electron chi connectivity index (χ1n) is 7.75. The molecule has 2 unspecified atom stereocenters. The van der Waals surface area contributed by atoms with Crippen LogP contribution in [0.5, 0.6) is 0 Å². The van der Waals surface area contributed by atoms with Gasteiger partial charge in [-0.25, -0.2) is 4.79 Å². The summed E-state index contributed by atoms with van der Waals surface area (Å²) in [5.74, 6) is 2.57. The second kappa shape index (κ2) is 6.37. The molecule has 0 radical (unpaired) electrons. The molecule has 1 saturated carbocycles. The van der Waals surface area contributed by atoms with E-state index in [1.54, 1.807) is 0 Å². The molecule has 0 aromatic rings. The van der Waals surface area contributed by atoms with Gasteiger partial charge < -0.3 is 5.32 Å². The molecular formula is C15H26N2O2S. The second-order valence-corrected chi connectivity index (χ2v) is 7.43. The van der Waals surface area contributed by atoms with E-state index >= 15 is 0 Å². The number of imide groups is 1. The lowest BCUT2D eigenvalue weighted by molar-refractivity contribution is -0.136. The zero-order chi connectivity index (χ0) is 14.8. The summed E-state index contributed by atoms with van der Waals surface area (Å²) in [6.45, 7) is 6.88. The molecule has 2 fully saturated rings. The van der Waals surface area contributed by atoms with Crippen LogP contribution in [0.4, 0.5) is 4.79 Å².